The van der Waals surface area contributed by atoms with Crippen molar-refractivity contribution in [2.75, 3.05) is 5.32 Å². The molecule has 7 heteroatoms. The highest BCUT2D eigenvalue weighted by molar-refractivity contribution is 9.10. The Kier molecular flexibility index (Phi) is 5.19. The van der Waals surface area contributed by atoms with Crippen molar-refractivity contribution in [3.8, 4) is 0 Å². The Bertz CT molecular complexity index is 685. The molecule has 0 bridgehead atoms. The maximum absolute atomic E-state index is 13.5. The van der Waals surface area contributed by atoms with Gasteiger partial charge in [0.1, 0.15) is 10.8 Å². The second-order valence-corrected chi connectivity index (χ2v) is 6.51. The number of benzene rings is 1. The highest BCUT2D eigenvalue weighted by Gasteiger charge is 2.09. The lowest BCUT2D eigenvalue weighted by molar-refractivity contribution is -0.111. The van der Waals surface area contributed by atoms with Gasteiger partial charge in [-0.05, 0) is 24.3 Å². The van der Waals surface area contributed by atoms with Gasteiger partial charge < -0.3 is 0 Å². The van der Waals surface area contributed by atoms with Gasteiger partial charge in [-0.2, -0.15) is 0 Å². The van der Waals surface area contributed by atoms with Gasteiger partial charge in [0.05, 0.1) is 0 Å². The van der Waals surface area contributed by atoms with Crippen molar-refractivity contribution in [3.63, 3.8) is 0 Å². The number of carbonyl (C=O) groups excluding carboxylic acids is 1. The van der Waals surface area contributed by atoms with Crippen molar-refractivity contribution >= 4 is 44.4 Å². The van der Waals surface area contributed by atoms with Gasteiger partial charge in [-0.25, -0.2) is 4.39 Å². The lowest BCUT2D eigenvalue weighted by atomic mass is 10.2. The lowest BCUT2D eigenvalue weighted by Crippen LogP contribution is -2.07. The van der Waals surface area contributed by atoms with Crippen molar-refractivity contribution in [3.05, 3.63) is 45.1 Å². The van der Waals surface area contributed by atoms with E-state index in [4.69, 9.17) is 0 Å². The van der Waals surface area contributed by atoms with Crippen LogP contribution in [0.25, 0.3) is 6.08 Å². The molecule has 0 atom stereocenters. The smallest absolute Gasteiger partial charge is 0.250 e. The Balaban J connectivity index is 2.03. The first-order valence-corrected chi connectivity index (χ1v) is 7.84. The van der Waals surface area contributed by atoms with E-state index in [2.05, 4.69) is 31.4 Å². The molecule has 0 spiro atoms. The number of nitrogens with zero attached hydrogens (tertiary/aromatic N) is 2. The molecule has 1 aromatic carbocycles. The van der Waals surface area contributed by atoms with Gasteiger partial charge in [0.15, 0.2) is 0 Å². The molecule has 21 heavy (non-hydrogen) atoms. The minimum Gasteiger partial charge on any atom is -0.297 e. The van der Waals surface area contributed by atoms with Crippen LogP contribution >= 0.6 is 27.3 Å². The Morgan fingerprint density at radius 2 is 2.19 bits per heavy atom. The second kappa shape index (κ2) is 6.91. The third-order valence-corrected chi connectivity index (χ3v) is 4.17. The molecular formula is C14H13BrFN3OS. The number of carbonyl (C=O) groups is 1. The molecule has 0 fully saturated rings. The molecule has 1 heterocycles. The molecule has 0 aliphatic heterocycles. The highest BCUT2D eigenvalue weighted by Crippen LogP contribution is 2.22. The van der Waals surface area contributed by atoms with Crippen LogP contribution in [0.1, 0.15) is 30.3 Å². The molecule has 0 unspecified atom stereocenters. The maximum atomic E-state index is 13.5. The lowest BCUT2D eigenvalue weighted by Gasteiger charge is -1.98. The summed E-state index contributed by atoms with van der Waals surface area (Å²) in [5.41, 5.74) is 0.333. The minimum atomic E-state index is -0.389. The maximum Gasteiger partial charge on any atom is 0.250 e. The molecule has 1 aromatic heterocycles. The third-order valence-electron chi connectivity index (χ3n) is 2.54. The molecule has 2 aromatic rings. The van der Waals surface area contributed by atoms with Crippen LogP contribution < -0.4 is 5.32 Å². The van der Waals surface area contributed by atoms with E-state index in [0.717, 1.165) is 9.48 Å². The fourth-order valence-electron chi connectivity index (χ4n) is 1.47. The van der Waals surface area contributed by atoms with Crippen LogP contribution in [0, 0.1) is 5.82 Å². The van der Waals surface area contributed by atoms with E-state index in [1.807, 2.05) is 13.8 Å². The van der Waals surface area contributed by atoms with Crippen LogP contribution in [0.2, 0.25) is 0 Å². The first kappa shape index (κ1) is 15.8. The summed E-state index contributed by atoms with van der Waals surface area (Å²) >= 11 is 4.58. The van der Waals surface area contributed by atoms with Gasteiger partial charge in [-0.15, -0.1) is 10.2 Å². The van der Waals surface area contributed by atoms with Gasteiger partial charge in [0, 0.05) is 22.0 Å². The summed E-state index contributed by atoms with van der Waals surface area (Å²) in [7, 11) is 0. The van der Waals surface area contributed by atoms with Crippen molar-refractivity contribution in [1.29, 1.82) is 0 Å². The monoisotopic (exact) mass is 369 g/mol. The van der Waals surface area contributed by atoms with E-state index >= 15 is 0 Å². The fraction of sp³-hybridized carbons (Fsp3) is 0.214. The minimum absolute atomic E-state index is 0.263. The van der Waals surface area contributed by atoms with Gasteiger partial charge in [0.2, 0.25) is 11.0 Å². The van der Waals surface area contributed by atoms with Crippen molar-refractivity contribution in [1.82, 2.24) is 10.2 Å². The molecule has 2 rings (SSSR count). The van der Waals surface area contributed by atoms with E-state index in [1.54, 1.807) is 12.1 Å². The number of halogens is 2. The van der Waals surface area contributed by atoms with E-state index in [1.165, 1.54) is 29.6 Å². The molecule has 0 aliphatic rings. The number of aromatic nitrogens is 2. The molecule has 0 saturated carbocycles. The largest absolute Gasteiger partial charge is 0.297 e. The predicted octanol–water partition coefficient (Wildman–Crippen LogP) is 4.22. The van der Waals surface area contributed by atoms with Crippen LogP contribution in [0.3, 0.4) is 0 Å². The summed E-state index contributed by atoms with van der Waals surface area (Å²) in [5.74, 6) is -0.499. The molecule has 1 N–H and O–H groups in total. The van der Waals surface area contributed by atoms with E-state index in [-0.39, 0.29) is 17.6 Å². The molecule has 0 aliphatic carbocycles. The summed E-state index contributed by atoms with van der Waals surface area (Å²) in [6.45, 7) is 4.00. The summed E-state index contributed by atoms with van der Waals surface area (Å²) in [4.78, 5) is 11.8. The van der Waals surface area contributed by atoms with Crippen LogP contribution in [0.5, 0.6) is 0 Å². The molecule has 0 radical (unpaired) electrons. The van der Waals surface area contributed by atoms with Crippen molar-refractivity contribution in [2.45, 2.75) is 19.8 Å². The zero-order chi connectivity index (χ0) is 15.4. The fourth-order valence-corrected chi connectivity index (χ4v) is 2.60. The van der Waals surface area contributed by atoms with Crippen LogP contribution in [0.15, 0.2) is 28.7 Å². The SMILES string of the molecule is CC(C)c1nnc(NC(=O)/C=C/c2cc(Br)ccc2F)s1. The first-order valence-electron chi connectivity index (χ1n) is 6.23. The number of rotatable bonds is 4. The molecular weight excluding hydrogens is 357 g/mol. The highest BCUT2D eigenvalue weighted by atomic mass is 79.9. The van der Waals surface area contributed by atoms with Crippen molar-refractivity contribution < 1.29 is 9.18 Å². The van der Waals surface area contributed by atoms with Crippen LogP contribution in [-0.4, -0.2) is 16.1 Å². The number of anilines is 1. The van der Waals surface area contributed by atoms with E-state index in [9.17, 15) is 9.18 Å². The number of amides is 1. The van der Waals surface area contributed by atoms with Crippen molar-refractivity contribution in [2.24, 2.45) is 0 Å². The van der Waals surface area contributed by atoms with Gasteiger partial charge in [0.25, 0.3) is 0 Å². The predicted molar refractivity (Wildman–Crippen MR) is 85.8 cm³/mol. The van der Waals surface area contributed by atoms with E-state index in [0.29, 0.717) is 10.7 Å². The quantitative estimate of drug-likeness (QED) is 0.821. The van der Waals surface area contributed by atoms with Gasteiger partial charge in [-0.1, -0.05) is 41.1 Å². The topological polar surface area (TPSA) is 54.9 Å². The number of hydrogen-bond donors (Lipinski definition) is 1. The Morgan fingerprint density at radius 3 is 2.86 bits per heavy atom. The van der Waals surface area contributed by atoms with Crippen LogP contribution in [0.4, 0.5) is 9.52 Å². The second-order valence-electron chi connectivity index (χ2n) is 4.59. The van der Waals surface area contributed by atoms with Crippen LogP contribution in [-0.2, 0) is 4.79 Å². The zero-order valence-electron chi connectivity index (χ0n) is 11.4. The Morgan fingerprint density at radius 1 is 1.43 bits per heavy atom. The van der Waals surface area contributed by atoms with Gasteiger partial charge >= 0.3 is 0 Å². The van der Waals surface area contributed by atoms with E-state index < -0.39 is 0 Å². The Labute approximate surface area is 134 Å². The normalized spacial score (nSPS) is 11.3. The average molecular weight is 370 g/mol. The standard InChI is InChI=1S/C14H13BrFN3OS/c1-8(2)13-18-19-14(21-13)17-12(20)6-3-9-7-10(15)4-5-11(9)16/h3-8H,1-2H3,(H,17,19,20)/b6-3+. The zero-order valence-corrected chi connectivity index (χ0v) is 13.8. The number of nitrogens with one attached hydrogen (secondary N) is 1. The average Bonchev–Trinajstić information content (AvgIpc) is 2.88. The first-order chi connectivity index (χ1) is 9.95. The summed E-state index contributed by atoms with van der Waals surface area (Å²) in [6, 6.07) is 4.53. The molecule has 4 nitrogen and oxygen atoms in total. The summed E-state index contributed by atoms with van der Waals surface area (Å²) in [5, 5.41) is 11.8. The molecule has 0 saturated heterocycles. The molecule has 110 valence electrons. The molecule has 1 amide bonds. The third kappa shape index (κ3) is 4.44. The summed E-state index contributed by atoms with van der Waals surface area (Å²) in [6.07, 6.45) is 2.68. The number of hydrogen-bond acceptors (Lipinski definition) is 4. The van der Waals surface area contributed by atoms with Gasteiger partial charge in [-0.3, -0.25) is 10.1 Å². The summed E-state index contributed by atoms with van der Waals surface area (Å²) < 4.78 is 14.3. The Hall–Kier alpha value is -1.60.